The summed E-state index contributed by atoms with van der Waals surface area (Å²) in [5, 5.41) is 0. The zero-order valence-corrected chi connectivity index (χ0v) is 11.6. The zero-order valence-electron chi connectivity index (χ0n) is 10.1. The fourth-order valence-electron chi connectivity index (χ4n) is 1.94. The molecule has 0 atom stereocenters. The van der Waals surface area contributed by atoms with Crippen molar-refractivity contribution in [2.75, 3.05) is 6.54 Å². The number of alkyl halides is 1. The highest BCUT2D eigenvalue weighted by Gasteiger charge is 2.38. The number of nitrogens with zero attached hydrogens (tertiary/aromatic N) is 1. The summed E-state index contributed by atoms with van der Waals surface area (Å²) in [6.45, 7) is 2.12. The highest BCUT2D eigenvalue weighted by molar-refractivity contribution is 7.89. The van der Waals surface area contributed by atoms with Gasteiger partial charge in [-0.05, 0) is 30.5 Å². The minimum Gasteiger partial charge on any atom is -0.207 e. The van der Waals surface area contributed by atoms with E-state index in [-0.39, 0.29) is 16.8 Å². The van der Waals surface area contributed by atoms with Gasteiger partial charge < -0.3 is 0 Å². The van der Waals surface area contributed by atoms with Gasteiger partial charge in [-0.2, -0.15) is 4.31 Å². The molecule has 18 heavy (non-hydrogen) atoms. The molecule has 1 aliphatic rings. The molecule has 0 amide bonds. The summed E-state index contributed by atoms with van der Waals surface area (Å²) in [5.41, 5.74) is 0.600. The van der Waals surface area contributed by atoms with Gasteiger partial charge in [0.05, 0.1) is 0 Å². The lowest BCUT2D eigenvalue weighted by Crippen LogP contribution is -2.33. The van der Waals surface area contributed by atoms with Gasteiger partial charge in [0, 0.05) is 18.5 Å². The van der Waals surface area contributed by atoms with Crippen molar-refractivity contribution in [1.82, 2.24) is 4.31 Å². The second kappa shape index (κ2) is 5.15. The molecule has 0 aromatic heterocycles. The Hall–Kier alpha value is -0.650. The fraction of sp³-hybridized carbons (Fsp3) is 0.500. The van der Waals surface area contributed by atoms with E-state index >= 15 is 0 Å². The van der Waals surface area contributed by atoms with Crippen molar-refractivity contribution in [1.29, 1.82) is 0 Å². The quantitative estimate of drug-likeness (QED) is 0.782. The molecule has 100 valence electrons. The lowest BCUT2D eigenvalue weighted by atomic mass is 10.2. The second-order valence-corrected chi connectivity index (χ2v) is 6.46. The number of rotatable bonds is 5. The van der Waals surface area contributed by atoms with Crippen LogP contribution in [0.25, 0.3) is 0 Å². The van der Waals surface area contributed by atoms with E-state index < -0.39 is 15.8 Å². The van der Waals surface area contributed by atoms with Gasteiger partial charge in [0.2, 0.25) is 10.0 Å². The highest BCUT2D eigenvalue weighted by Crippen LogP contribution is 2.32. The summed E-state index contributed by atoms with van der Waals surface area (Å²) >= 11 is 5.66. The van der Waals surface area contributed by atoms with Crippen LogP contribution in [0.2, 0.25) is 0 Å². The highest BCUT2D eigenvalue weighted by atomic mass is 35.5. The average Bonchev–Trinajstić information content (AvgIpc) is 3.14. The molecular weight excluding hydrogens is 277 g/mol. The molecule has 0 spiro atoms. The molecule has 0 bridgehead atoms. The molecule has 1 aromatic carbocycles. The summed E-state index contributed by atoms with van der Waals surface area (Å²) in [4.78, 5) is -0.269. The van der Waals surface area contributed by atoms with Gasteiger partial charge in [0.15, 0.2) is 0 Å². The molecule has 1 saturated carbocycles. The predicted octanol–water partition coefficient (Wildman–Crippen LogP) is 2.74. The van der Waals surface area contributed by atoms with Crippen LogP contribution >= 0.6 is 11.6 Å². The van der Waals surface area contributed by atoms with Gasteiger partial charge in [-0.25, -0.2) is 12.8 Å². The Morgan fingerprint density at radius 1 is 1.44 bits per heavy atom. The lowest BCUT2D eigenvalue weighted by Gasteiger charge is -2.20. The molecule has 0 heterocycles. The van der Waals surface area contributed by atoms with E-state index in [1.165, 1.54) is 16.4 Å². The van der Waals surface area contributed by atoms with Crippen LogP contribution < -0.4 is 0 Å². The summed E-state index contributed by atoms with van der Waals surface area (Å²) in [7, 11) is -3.75. The van der Waals surface area contributed by atoms with Gasteiger partial charge in [0.1, 0.15) is 10.7 Å². The topological polar surface area (TPSA) is 37.4 Å². The summed E-state index contributed by atoms with van der Waals surface area (Å²) in [5.74, 6) is -0.554. The maximum absolute atomic E-state index is 13.7. The van der Waals surface area contributed by atoms with Crippen LogP contribution in [0, 0.1) is 5.82 Å². The maximum atomic E-state index is 13.7. The van der Waals surface area contributed by atoms with Gasteiger partial charge >= 0.3 is 0 Å². The molecule has 0 N–H and O–H groups in total. The predicted molar refractivity (Wildman–Crippen MR) is 68.5 cm³/mol. The summed E-state index contributed by atoms with van der Waals surface area (Å²) < 4.78 is 39.9. The van der Waals surface area contributed by atoms with Crippen molar-refractivity contribution >= 4 is 21.6 Å². The van der Waals surface area contributed by atoms with Crippen LogP contribution in [0.1, 0.15) is 25.3 Å². The number of benzene rings is 1. The van der Waals surface area contributed by atoms with Crippen LogP contribution in [0.3, 0.4) is 0 Å². The summed E-state index contributed by atoms with van der Waals surface area (Å²) in [6, 6.07) is 4.00. The molecule has 0 unspecified atom stereocenters. The van der Waals surface area contributed by atoms with E-state index in [9.17, 15) is 12.8 Å². The van der Waals surface area contributed by atoms with Gasteiger partial charge in [-0.1, -0.05) is 13.0 Å². The van der Waals surface area contributed by atoms with E-state index in [0.29, 0.717) is 12.1 Å². The van der Waals surface area contributed by atoms with Crippen molar-refractivity contribution in [3.63, 3.8) is 0 Å². The Balaban J connectivity index is 2.45. The summed E-state index contributed by atoms with van der Waals surface area (Å²) in [6.07, 6.45) is 1.70. The average molecular weight is 292 g/mol. The third kappa shape index (κ3) is 2.53. The van der Waals surface area contributed by atoms with Crippen LogP contribution in [0.5, 0.6) is 0 Å². The first kappa shape index (κ1) is 13.8. The van der Waals surface area contributed by atoms with E-state index in [2.05, 4.69) is 0 Å². The number of hydrogen-bond donors (Lipinski definition) is 0. The van der Waals surface area contributed by atoms with Crippen molar-refractivity contribution in [3.05, 3.63) is 29.6 Å². The fourth-order valence-corrected chi connectivity index (χ4v) is 3.92. The van der Waals surface area contributed by atoms with E-state index in [4.69, 9.17) is 11.6 Å². The third-order valence-electron chi connectivity index (χ3n) is 3.00. The molecule has 1 aromatic rings. The largest absolute Gasteiger partial charge is 0.246 e. The van der Waals surface area contributed by atoms with Crippen LogP contribution in [0.4, 0.5) is 4.39 Å². The Bertz CT molecular complexity index is 543. The Morgan fingerprint density at radius 2 is 2.11 bits per heavy atom. The van der Waals surface area contributed by atoms with Crippen molar-refractivity contribution < 1.29 is 12.8 Å². The third-order valence-corrected chi connectivity index (χ3v) is 5.35. The van der Waals surface area contributed by atoms with Crippen LogP contribution in [-0.2, 0) is 15.9 Å². The molecule has 0 radical (unpaired) electrons. The minimum absolute atomic E-state index is 0.0269. The van der Waals surface area contributed by atoms with Gasteiger partial charge in [-0.15, -0.1) is 11.6 Å². The molecule has 1 fully saturated rings. The van der Waals surface area contributed by atoms with Gasteiger partial charge in [0.25, 0.3) is 0 Å². The molecule has 0 saturated heterocycles. The first-order valence-corrected chi connectivity index (χ1v) is 7.84. The van der Waals surface area contributed by atoms with Gasteiger partial charge in [-0.3, -0.25) is 0 Å². The molecule has 1 aliphatic carbocycles. The molecular formula is C12H15ClFNO2S. The van der Waals surface area contributed by atoms with E-state index in [1.54, 1.807) is 6.92 Å². The van der Waals surface area contributed by atoms with Crippen LogP contribution in [-0.4, -0.2) is 25.3 Å². The van der Waals surface area contributed by atoms with Crippen molar-refractivity contribution in [3.8, 4) is 0 Å². The SMILES string of the molecule is CCN(C1CC1)S(=O)(=O)c1cc(CCl)ccc1F. The van der Waals surface area contributed by atoms with Crippen molar-refractivity contribution in [2.24, 2.45) is 0 Å². The minimum atomic E-state index is -3.75. The second-order valence-electron chi connectivity index (χ2n) is 4.34. The number of hydrogen-bond acceptors (Lipinski definition) is 2. The molecule has 6 heteroatoms. The molecule has 3 nitrogen and oxygen atoms in total. The zero-order chi connectivity index (χ0) is 13.3. The van der Waals surface area contributed by atoms with E-state index in [0.717, 1.165) is 18.9 Å². The normalized spacial score (nSPS) is 16.2. The first-order valence-electron chi connectivity index (χ1n) is 5.87. The van der Waals surface area contributed by atoms with Crippen LogP contribution in [0.15, 0.2) is 23.1 Å². The Kier molecular flexibility index (Phi) is 3.94. The smallest absolute Gasteiger partial charge is 0.207 e. The first-order chi connectivity index (χ1) is 8.50. The standard InChI is InChI=1S/C12H15ClFNO2S/c1-2-15(10-4-5-10)18(16,17)12-7-9(8-13)3-6-11(12)14/h3,6-7,10H,2,4-5,8H2,1H3. The van der Waals surface area contributed by atoms with E-state index in [1.807, 2.05) is 0 Å². The monoisotopic (exact) mass is 291 g/mol. The molecule has 2 rings (SSSR count). The lowest BCUT2D eigenvalue weighted by molar-refractivity contribution is 0.417. The Labute approximate surface area is 112 Å². The maximum Gasteiger partial charge on any atom is 0.246 e. The number of halogens is 2. The molecule has 0 aliphatic heterocycles. The Morgan fingerprint density at radius 3 is 2.61 bits per heavy atom. The number of sulfonamides is 1. The van der Waals surface area contributed by atoms with Crippen molar-refractivity contribution in [2.45, 2.75) is 36.6 Å².